The number of ether oxygens (including phenoxy) is 3. The summed E-state index contributed by atoms with van der Waals surface area (Å²) in [7, 11) is 3.18. The van der Waals surface area contributed by atoms with Gasteiger partial charge in [0.1, 0.15) is 11.5 Å². The van der Waals surface area contributed by atoms with Gasteiger partial charge >= 0.3 is 0 Å². The van der Waals surface area contributed by atoms with E-state index in [4.69, 9.17) is 14.2 Å². The zero-order valence-corrected chi connectivity index (χ0v) is 20.8. The molecule has 2 aromatic heterocycles. The topological polar surface area (TPSA) is 82.6 Å². The van der Waals surface area contributed by atoms with Crippen LogP contribution in [0.4, 0.5) is 5.69 Å². The van der Waals surface area contributed by atoms with E-state index in [2.05, 4.69) is 15.3 Å². The van der Waals surface area contributed by atoms with Gasteiger partial charge in [-0.05, 0) is 59.3 Å². The fourth-order valence-electron chi connectivity index (χ4n) is 4.52. The molecular formula is C31H23N3O4. The van der Waals surface area contributed by atoms with Crippen molar-refractivity contribution in [3.8, 4) is 23.0 Å². The summed E-state index contributed by atoms with van der Waals surface area (Å²) in [6.45, 7) is 0. The third-order valence-corrected chi connectivity index (χ3v) is 6.38. The average Bonchev–Trinajstić information content (AvgIpc) is 2.96. The highest BCUT2D eigenvalue weighted by atomic mass is 16.5. The Labute approximate surface area is 218 Å². The van der Waals surface area contributed by atoms with E-state index in [1.807, 2.05) is 78.9 Å². The standard InChI is InChI=1S/C31H23N3O4/c1-36-29-16-25-27(17-30(29)37-2)32-13-12-28(25)38-22-10-11-23-19(15-22)7-5-8-24(23)31(35)34-21-14-20-6-3-4-9-26(20)33-18-21/h3-18H,1-2H3,(H,34,35). The lowest BCUT2D eigenvalue weighted by Crippen LogP contribution is -2.12. The number of methoxy groups -OCH3 is 2. The number of hydrogen-bond donors (Lipinski definition) is 1. The Morgan fingerprint density at radius 3 is 2.39 bits per heavy atom. The van der Waals surface area contributed by atoms with Crippen LogP contribution in [0, 0.1) is 0 Å². The molecule has 0 atom stereocenters. The predicted octanol–water partition coefficient (Wildman–Crippen LogP) is 7.00. The Bertz CT molecular complexity index is 1830. The summed E-state index contributed by atoms with van der Waals surface area (Å²) in [5.74, 6) is 2.25. The first-order chi connectivity index (χ1) is 18.6. The summed E-state index contributed by atoms with van der Waals surface area (Å²) in [5.41, 5.74) is 2.81. The van der Waals surface area contributed by atoms with Crippen molar-refractivity contribution in [1.29, 1.82) is 0 Å². The number of rotatable bonds is 6. The smallest absolute Gasteiger partial charge is 0.256 e. The summed E-state index contributed by atoms with van der Waals surface area (Å²) in [4.78, 5) is 22.1. The van der Waals surface area contributed by atoms with Gasteiger partial charge in [0.15, 0.2) is 11.5 Å². The Morgan fingerprint density at radius 2 is 1.53 bits per heavy atom. The number of nitrogens with one attached hydrogen (secondary N) is 1. The van der Waals surface area contributed by atoms with Gasteiger partial charge in [0.2, 0.25) is 0 Å². The molecule has 7 nitrogen and oxygen atoms in total. The van der Waals surface area contributed by atoms with Crippen LogP contribution in [0.1, 0.15) is 10.4 Å². The van der Waals surface area contributed by atoms with Crippen LogP contribution in [-0.2, 0) is 0 Å². The van der Waals surface area contributed by atoms with Gasteiger partial charge in [-0.25, -0.2) is 0 Å². The highest BCUT2D eigenvalue weighted by Gasteiger charge is 2.14. The van der Waals surface area contributed by atoms with Crippen molar-refractivity contribution in [1.82, 2.24) is 9.97 Å². The Kier molecular flexibility index (Phi) is 5.94. The molecule has 0 fully saturated rings. The lowest BCUT2D eigenvalue weighted by molar-refractivity contribution is 0.102. The maximum atomic E-state index is 13.2. The fourth-order valence-corrected chi connectivity index (χ4v) is 4.52. The third-order valence-electron chi connectivity index (χ3n) is 6.38. The molecule has 0 bridgehead atoms. The minimum Gasteiger partial charge on any atom is -0.493 e. The van der Waals surface area contributed by atoms with Gasteiger partial charge < -0.3 is 19.5 Å². The molecule has 0 saturated heterocycles. The highest BCUT2D eigenvalue weighted by molar-refractivity contribution is 6.13. The van der Waals surface area contributed by atoms with Gasteiger partial charge in [0, 0.05) is 28.6 Å². The molecule has 0 unspecified atom stereocenters. The highest BCUT2D eigenvalue weighted by Crippen LogP contribution is 2.37. The van der Waals surface area contributed by atoms with Gasteiger partial charge in [0.25, 0.3) is 5.91 Å². The zero-order valence-electron chi connectivity index (χ0n) is 20.8. The average molecular weight is 502 g/mol. The van der Waals surface area contributed by atoms with E-state index in [0.717, 1.165) is 32.6 Å². The molecule has 0 spiro atoms. The summed E-state index contributed by atoms with van der Waals surface area (Å²) in [6, 6.07) is 26.5. The van der Waals surface area contributed by atoms with E-state index in [9.17, 15) is 4.79 Å². The number of amides is 1. The summed E-state index contributed by atoms with van der Waals surface area (Å²) < 4.78 is 17.1. The van der Waals surface area contributed by atoms with Crippen molar-refractivity contribution in [3.05, 3.63) is 103 Å². The summed E-state index contributed by atoms with van der Waals surface area (Å²) >= 11 is 0. The van der Waals surface area contributed by atoms with Crippen LogP contribution in [-0.4, -0.2) is 30.1 Å². The quantitative estimate of drug-likeness (QED) is 0.265. The predicted molar refractivity (Wildman–Crippen MR) is 149 cm³/mol. The maximum absolute atomic E-state index is 13.2. The van der Waals surface area contributed by atoms with Crippen LogP contribution in [0.5, 0.6) is 23.0 Å². The van der Waals surface area contributed by atoms with Crippen molar-refractivity contribution < 1.29 is 19.0 Å². The fraction of sp³-hybridized carbons (Fsp3) is 0.0645. The molecule has 0 aliphatic carbocycles. The van der Waals surface area contributed by atoms with Crippen molar-refractivity contribution in [2.24, 2.45) is 0 Å². The van der Waals surface area contributed by atoms with E-state index in [1.54, 1.807) is 32.7 Å². The second-order valence-corrected chi connectivity index (χ2v) is 8.69. The molecule has 0 aliphatic heterocycles. The van der Waals surface area contributed by atoms with Gasteiger partial charge in [-0.1, -0.05) is 30.3 Å². The summed E-state index contributed by atoms with van der Waals surface area (Å²) in [6.07, 6.45) is 3.36. The Morgan fingerprint density at radius 1 is 0.711 bits per heavy atom. The molecule has 2 heterocycles. The first kappa shape index (κ1) is 23.2. The number of hydrogen-bond acceptors (Lipinski definition) is 6. The van der Waals surface area contributed by atoms with Gasteiger partial charge in [0.05, 0.1) is 37.1 Å². The van der Waals surface area contributed by atoms with Crippen molar-refractivity contribution in [2.75, 3.05) is 19.5 Å². The monoisotopic (exact) mass is 501 g/mol. The Hall–Kier alpha value is -5.17. The molecule has 1 N–H and O–H groups in total. The number of nitrogens with zero attached hydrogens (tertiary/aromatic N) is 2. The molecule has 0 aliphatic rings. The molecule has 6 rings (SSSR count). The zero-order chi connectivity index (χ0) is 26.1. The maximum Gasteiger partial charge on any atom is 0.256 e. The van der Waals surface area contributed by atoms with Crippen molar-refractivity contribution in [2.45, 2.75) is 0 Å². The minimum absolute atomic E-state index is 0.206. The number of para-hydroxylation sites is 1. The normalized spacial score (nSPS) is 11.0. The Balaban J connectivity index is 1.30. The van der Waals surface area contributed by atoms with E-state index in [1.165, 1.54) is 0 Å². The number of aromatic nitrogens is 2. The number of anilines is 1. The van der Waals surface area contributed by atoms with Crippen LogP contribution in [0.25, 0.3) is 32.6 Å². The lowest BCUT2D eigenvalue weighted by Gasteiger charge is -2.13. The molecule has 1 amide bonds. The number of pyridine rings is 2. The molecule has 4 aromatic carbocycles. The number of carbonyl (C=O) groups is 1. The van der Waals surface area contributed by atoms with Gasteiger partial charge in [-0.3, -0.25) is 14.8 Å². The first-order valence-electron chi connectivity index (χ1n) is 12.0. The molecule has 186 valence electrons. The van der Waals surface area contributed by atoms with Gasteiger partial charge in [-0.2, -0.15) is 0 Å². The van der Waals surface area contributed by atoms with Crippen molar-refractivity contribution in [3.63, 3.8) is 0 Å². The lowest BCUT2D eigenvalue weighted by atomic mass is 10.0. The largest absolute Gasteiger partial charge is 0.493 e. The van der Waals surface area contributed by atoms with Crippen LogP contribution in [0.2, 0.25) is 0 Å². The van der Waals surface area contributed by atoms with E-state index in [0.29, 0.717) is 34.2 Å². The van der Waals surface area contributed by atoms with Crippen LogP contribution >= 0.6 is 0 Å². The molecule has 6 aromatic rings. The summed E-state index contributed by atoms with van der Waals surface area (Å²) in [5, 5.41) is 6.43. The van der Waals surface area contributed by atoms with E-state index >= 15 is 0 Å². The second-order valence-electron chi connectivity index (χ2n) is 8.69. The number of fused-ring (bicyclic) bond motifs is 3. The van der Waals surface area contributed by atoms with Crippen LogP contribution in [0.3, 0.4) is 0 Å². The number of benzene rings is 4. The van der Waals surface area contributed by atoms with Crippen LogP contribution in [0.15, 0.2) is 97.3 Å². The number of carbonyl (C=O) groups excluding carboxylic acids is 1. The first-order valence-corrected chi connectivity index (χ1v) is 12.0. The molecule has 0 saturated carbocycles. The van der Waals surface area contributed by atoms with Crippen LogP contribution < -0.4 is 19.5 Å². The SMILES string of the molecule is COc1cc2nccc(Oc3ccc4c(C(=O)Nc5cnc6ccccc6c5)cccc4c3)c2cc1OC. The molecule has 0 radical (unpaired) electrons. The third kappa shape index (κ3) is 4.30. The van der Waals surface area contributed by atoms with E-state index < -0.39 is 0 Å². The van der Waals surface area contributed by atoms with E-state index in [-0.39, 0.29) is 5.91 Å². The minimum atomic E-state index is -0.206. The molecule has 7 heteroatoms. The second kappa shape index (κ2) is 9.71. The molecular weight excluding hydrogens is 478 g/mol. The van der Waals surface area contributed by atoms with Crippen molar-refractivity contribution >= 4 is 44.2 Å². The van der Waals surface area contributed by atoms with Gasteiger partial charge in [-0.15, -0.1) is 0 Å². The molecule has 38 heavy (non-hydrogen) atoms.